The van der Waals surface area contributed by atoms with Gasteiger partial charge < -0.3 is 4.90 Å². The molecule has 0 N–H and O–H groups in total. The number of nitrogens with zero attached hydrogens (tertiary/aromatic N) is 1. The van der Waals surface area contributed by atoms with E-state index in [4.69, 9.17) is 0 Å². The molecule has 2 nitrogen and oxygen atoms in total. The largest absolute Gasteiger partial charge is 0.416 e. The maximum Gasteiger partial charge on any atom is 0.416 e. The van der Waals surface area contributed by atoms with Gasteiger partial charge in [-0.3, -0.25) is 4.79 Å². The molecule has 0 unspecified atom stereocenters. The molecule has 1 amide bonds. The molecule has 6 heteroatoms. The summed E-state index contributed by atoms with van der Waals surface area (Å²) in [6.07, 6.45) is -4.46. The van der Waals surface area contributed by atoms with Crippen LogP contribution in [0.25, 0.3) is 11.1 Å². The predicted octanol–water partition coefficient (Wildman–Crippen LogP) is 6.70. The smallest absolute Gasteiger partial charge is 0.334 e. The summed E-state index contributed by atoms with van der Waals surface area (Å²) in [4.78, 5) is 15.0. The fraction of sp³-hybridized carbons (Fsp3) is 0.381. The molecule has 27 heavy (non-hydrogen) atoms. The van der Waals surface area contributed by atoms with Crippen molar-refractivity contribution in [2.75, 3.05) is 0 Å². The van der Waals surface area contributed by atoms with Crippen molar-refractivity contribution in [3.63, 3.8) is 0 Å². The third-order valence-electron chi connectivity index (χ3n) is 4.29. The van der Waals surface area contributed by atoms with Gasteiger partial charge in [0, 0.05) is 22.1 Å². The number of hydrogen-bond acceptors (Lipinski definition) is 1. The van der Waals surface area contributed by atoms with Crippen molar-refractivity contribution in [3.8, 4) is 11.1 Å². The lowest BCUT2D eigenvalue weighted by Crippen LogP contribution is -2.42. The molecule has 0 atom stereocenters. The molecule has 2 aromatic carbocycles. The summed E-state index contributed by atoms with van der Waals surface area (Å²) in [5, 5.41) is 0. The molecule has 0 fully saturated rings. The van der Waals surface area contributed by atoms with Gasteiger partial charge in [0.15, 0.2) is 0 Å². The molecule has 0 saturated carbocycles. The predicted molar refractivity (Wildman–Crippen MR) is 106 cm³/mol. The van der Waals surface area contributed by atoms with Gasteiger partial charge in [-0.2, -0.15) is 13.2 Å². The minimum absolute atomic E-state index is 0.0286. The number of carbonyl (C=O) groups excluding carboxylic acids is 1. The average Bonchev–Trinajstić information content (AvgIpc) is 2.52. The van der Waals surface area contributed by atoms with Crippen LogP contribution < -0.4 is 0 Å². The molecular formula is C21H23BrF3NO. The second kappa shape index (κ2) is 8.05. The number of aryl methyl sites for hydroxylation is 1. The van der Waals surface area contributed by atoms with Gasteiger partial charge in [-0.25, -0.2) is 0 Å². The molecule has 0 saturated heterocycles. The fourth-order valence-corrected chi connectivity index (χ4v) is 3.69. The molecule has 2 rings (SSSR count). The van der Waals surface area contributed by atoms with E-state index in [1.807, 2.05) is 34.6 Å². The van der Waals surface area contributed by atoms with Crippen LogP contribution in [0.1, 0.15) is 49.2 Å². The molecule has 2 aromatic rings. The highest BCUT2D eigenvalue weighted by Crippen LogP contribution is 2.36. The quantitative estimate of drug-likeness (QED) is 0.516. The summed E-state index contributed by atoms with van der Waals surface area (Å²) in [6.45, 7) is 9.56. The normalized spacial score (nSPS) is 12.0. The molecular weight excluding hydrogens is 419 g/mol. The molecule has 146 valence electrons. The summed E-state index contributed by atoms with van der Waals surface area (Å²) in [6, 6.07) is 8.92. The highest BCUT2D eigenvalue weighted by Gasteiger charge is 2.32. The topological polar surface area (TPSA) is 20.3 Å². The molecule has 0 aliphatic carbocycles. The third-order valence-corrected chi connectivity index (χ3v) is 4.75. The van der Waals surface area contributed by atoms with E-state index in [1.165, 1.54) is 0 Å². The van der Waals surface area contributed by atoms with Crippen LogP contribution in [-0.2, 0) is 6.18 Å². The minimum Gasteiger partial charge on any atom is -0.334 e. The third kappa shape index (κ3) is 4.92. The number of amides is 1. The Bertz CT molecular complexity index is 836. The lowest BCUT2D eigenvalue weighted by molar-refractivity contribution is -0.137. The Hall–Kier alpha value is -1.82. The lowest BCUT2D eigenvalue weighted by atomic mass is 9.95. The Kier molecular flexibility index (Phi) is 6.40. The molecule has 0 heterocycles. The standard InChI is InChI=1S/C21H23BrF3NO/c1-12(2)26(13(3)4)20(27)19-8-14(5)6-7-18(19)15-9-16(21(23,24)25)11-17(22)10-15/h6-13H,1-5H3. The van der Waals surface area contributed by atoms with Crippen molar-refractivity contribution in [2.24, 2.45) is 0 Å². The van der Waals surface area contributed by atoms with Gasteiger partial charge in [0.25, 0.3) is 5.91 Å². The summed E-state index contributed by atoms with van der Waals surface area (Å²) >= 11 is 3.16. The second-order valence-corrected chi connectivity index (χ2v) is 8.09. The zero-order chi connectivity index (χ0) is 20.5. The van der Waals surface area contributed by atoms with Gasteiger partial charge in [0.2, 0.25) is 0 Å². The van der Waals surface area contributed by atoms with Crippen LogP contribution in [0.5, 0.6) is 0 Å². The van der Waals surface area contributed by atoms with E-state index in [9.17, 15) is 18.0 Å². The monoisotopic (exact) mass is 441 g/mol. The number of alkyl halides is 3. The van der Waals surface area contributed by atoms with E-state index >= 15 is 0 Å². The summed E-state index contributed by atoms with van der Waals surface area (Å²) in [5.74, 6) is -0.188. The summed E-state index contributed by atoms with van der Waals surface area (Å²) in [5.41, 5.74) is 1.37. The van der Waals surface area contributed by atoms with Crippen molar-refractivity contribution < 1.29 is 18.0 Å². The maximum absolute atomic E-state index is 13.2. The molecule has 0 aliphatic rings. The number of benzene rings is 2. The van der Waals surface area contributed by atoms with Gasteiger partial charge in [0.1, 0.15) is 0 Å². The van der Waals surface area contributed by atoms with Crippen molar-refractivity contribution in [2.45, 2.75) is 52.9 Å². The van der Waals surface area contributed by atoms with Gasteiger partial charge in [-0.15, -0.1) is 0 Å². The Morgan fingerprint density at radius 3 is 2.11 bits per heavy atom. The van der Waals surface area contributed by atoms with Crippen LogP contribution in [0.4, 0.5) is 13.2 Å². The number of hydrogen-bond donors (Lipinski definition) is 0. The molecule has 0 bridgehead atoms. The number of halogens is 4. The highest BCUT2D eigenvalue weighted by molar-refractivity contribution is 9.10. The van der Waals surface area contributed by atoms with E-state index in [-0.39, 0.29) is 18.0 Å². The number of carbonyl (C=O) groups is 1. The van der Waals surface area contributed by atoms with Crippen LogP contribution in [0, 0.1) is 6.92 Å². The average molecular weight is 442 g/mol. The molecule has 0 radical (unpaired) electrons. The first-order chi connectivity index (χ1) is 12.4. The second-order valence-electron chi connectivity index (χ2n) is 7.18. The van der Waals surface area contributed by atoms with Gasteiger partial charge in [-0.05, 0) is 70.0 Å². The van der Waals surface area contributed by atoms with Gasteiger partial charge in [0.05, 0.1) is 5.56 Å². The van der Waals surface area contributed by atoms with Crippen LogP contribution in [0.15, 0.2) is 40.9 Å². The van der Waals surface area contributed by atoms with Crippen LogP contribution >= 0.6 is 15.9 Å². The van der Waals surface area contributed by atoms with Crippen LogP contribution in [0.2, 0.25) is 0 Å². The van der Waals surface area contributed by atoms with Crippen molar-refractivity contribution in [1.82, 2.24) is 4.90 Å². The Labute approximate surface area is 166 Å². The first kappa shape index (κ1) is 21.5. The number of rotatable bonds is 4. The first-order valence-electron chi connectivity index (χ1n) is 8.73. The lowest BCUT2D eigenvalue weighted by Gasteiger charge is -2.31. The zero-order valence-electron chi connectivity index (χ0n) is 16.0. The van der Waals surface area contributed by atoms with Crippen LogP contribution in [0.3, 0.4) is 0 Å². The van der Waals surface area contributed by atoms with E-state index in [0.717, 1.165) is 17.7 Å². The van der Waals surface area contributed by atoms with E-state index < -0.39 is 11.7 Å². The zero-order valence-corrected chi connectivity index (χ0v) is 17.6. The van der Waals surface area contributed by atoms with E-state index in [0.29, 0.717) is 21.2 Å². The SMILES string of the molecule is Cc1ccc(-c2cc(Br)cc(C(F)(F)F)c2)c(C(=O)N(C(C)C)C(C)C)c1. The van der Waals surface area contributed by atoms with Gasteiger partial charge in [-0.1, -0.05) is 33.6 Å². The minimum atomic E-state index is -4.46. The summed E-state index contributed by atoms with van der Waals surface area (Å²) in [7, 11) is 0. The van der Waals surface area contributed by atoms with Crippen LogP contribution in [-0.4, -0.2) is 22.9 Å². The highest BCUT2D eigenvalue weighted by atomic mass is 79.9. The van der Waals surface area contributed by atoms with Crippen molar-refractivity contribution in [1.29, 1.82) is 0 Å². The van der Waals surface area contributed by atoms with E-state index in [1.54, 1.807) is 29.2 Å². The Balaban J connectivity index is 2.67. The van der Waals surface area contributed by atoms with E-state index in [2.05, 4.69) is 15.9 Å². The summed E-state index contributed by atoms with van der Waals surface area (Å²) < 4.78 is 40.0. The van der Waals surface area contributed by atoms with Crippen molar-refractivity contribution >= 4 is 21.8 Å². The molecule has 0 aromatic heterocycles. The van der Waals surface area contributed by atoms with Crippen molar-refractivity contribution in [3.05, 3.63) is 57.6 Å². The Morgan fingerprint density at radius 2 is 1.59 bits per heavy atom. The molecule has 0 spiro atoms. The molecule has 0 aliphatic heterocycles. The Morgan fingerprint density at radius 1 is 1.00 bits per heavy atom. The first-order valence-corrected chi connectivity index (χ1v) is 9.52. The fourth-order valence-electron chi connectivity index (χ4n) is 3.20. The van der Waals surface area contributed by atoms with Gasteiger partial charge >= 0.3 is 6.18 Å². The maximum atomic E-state index is 13.2.